The maximum atomic E-state index is 5.60. The minimum atomic E-state index is 0.600. The molecular weight excluding hydrogens is 460 g/mol. The van der Waals surface area contributed by atoms with E-state index in [-0.39, 0.29) is 0 Å². The molecule has 0 aliphatic heterocycles. The summed E-state index contributed by atoms with van der Waals surface area (Å²) in [6.07, 6.45) is 19.1. The van der Waals surface area contributed by atoms with Gasteiger partial charge in [-0.1, -0.05) is 103 Å². The third kappa shape index (κ3) is 8.41. The maximum Gasteiger partial charge on any atom is 0.203 e. The lowest BCUT2D eigenvalue weighted by Gasteiger charge is -2.15. The Morgan fingerprint density at radius 2 is 1.16 bits per heavy atom. The molecule has 0 fully saturated rings. The van der Waals surface area contributed by atoms with Crippen LogP contribution in [0.25, 0.3) is 22.4 Å². The molecule has 1 aromatic heterocycles. The van der Waals surface area contributed by atoms with Crippen LogP contribution in [0, 0.1) is 0 Å². The number of unbranched alkanes of at least 4 members (excludes halogenated alkanes) is 13. The van der Waals surface area contributed by atoms with Crippen LogP contribution in [-0.2, 0) is 6.54 Å². The predicted octanol–water partition coefficient (Wildman–Crippen LogP) is 9.21. The highest BCUT2D eigenvalue weighted by Crippen LogP contribution is 2.41. The molecule has 5 heteroatoms. The van der Waals surface area contributed by atoms with E-state index in [1.165, 1.54) is 89.0 Å². The number of rotatable bonds is 19. The summed E-state index contributed by atoms with van der Waals surface area (Å²) in [5, 5.41) is 0. The number of imidazole rings is 1. The minimum Gasteiger partial charge on any atom is -0.493 e. The van der Waals surface area contributed by atoms with Crippen LogP contribution >= 0.6 is 0 Å². The van der Waals surface area contributed by atoms with Gasteiger partial charge in [0.1, 0.15) is 5.82 Å². The van der Waals surface area contributed by atoms with Gasteiger partial charge in [0.25, 0.3) is 0 Å². The fourth-order valence-corrected chi connectivity index (χ4v) is 5.20. The highest BCUT2D eigenvalue weighted by Gasteiger charge is 2.18. The van der Waals surface area contributed by atoms with E-state index in [2.05, 4.69) is 29.7 Å². The van der Waals surface area contributed by atoms with Crippen LogP contribution in [0.4, 0.5) is 0 Å². The van der Waals surface area contributed by atoms with Crippen LogP contribution in [0.5, 0.6) is 17.2 Å². The van der Waals surface area contributed by atoms with Gasteiger partial charge in [0.15, 0.2) is 11.5 Å². The molecule has 3 rings (SSSR count). The number of benzene rings is 2. The largest absolute Gasteiger partial charge is 0.493 e. The molecule has 5 nitrogen and oxygen atoms in total. The lowest BCUT2D eigenvalue weighted by molar-refractivity contribution is 0.324. The minimum absolute atomic E-state index is 0.600. The van der Waals surface area contributed by atoms with Gasteiger partial charge in [-0.2, -0.15) is 0 Å². The van der Waals surface area contributed by atoms with Crippen LogP contribution in [0.3, 0.4) is 0 Å². The van der Waals surface area contributed by atoms with Crippen molar-refractivity contribution in [3.8, 4) is 28.6 Å². The molecule has 0 N–H and O–H groups in total. The Labute approximate surface area is 224 Å². The monoisotopic (exact) mass is 508 g/mol. The zero-order valence-corrected chi connectivity index (χ0v) is 23.7. The summed E-state index contributed by atoms with van der Waals surface area (Å²) in [6, 6.07) is 12.4. The van der Waals surface area contributed by atoms with Crippen molar-refractivity contribution in [2.75, 3.05) is 21.3 Å². The Kier molecular flexibility index (Phi) is 12.7. The van der Waals surface area contributed by atoms with E-state index in [4.69, 9.17) is 19.2 Å². The number of nitrogens with zero attached hydrogens (tertiary/aromatic N) is 2. The van der Waals surface area contributed by atoms with Gasteiger partial charge in [0.05, 0.1) is 32.4 Å². The molecule has 0 aliphatic carbocycles. The van der Waals surface area contributed by atoms with Crippen molar-refractivity contribution < 1.29 is 14.2 Å². The number of hydrogen-bond acceptors (Lipinski definition) is 4. The number of ether oxygens (including phenoxy) is 3. The lowest BCUT2D eigenvalue weighted by atomic mass is 10.0. The summed E-state index contributed by atoms with van der Waals surface area (Å²) in [5.41, 5.74) is 3.15. The first kappa shape index (κ1) is 28.9. The van der Waals surface area contributed by atoms with Crippen molar-refractivity contribution in [1.82, 2.24) is 9.55 Å². The fraction of sp³-hybridized carbons (Fsp3) is 0.594. The molecule has 0 spiro atoms. The summed E-state index contributed by atoms with van der Waals surface area (Å²) >= 11 is 0. The van der Waals surface area contributed by atoms with E-state index < -0.39 is 0 Å². The van der Waals surface area contributed by atoms with Gasteiger partial charge in [-0.25, -0.2) is 4.98 Å². The van der Waals surface area contributed by atoms with E-state index in [1.807, 2.05) is 18.2 Å². The average molecular weight is 509 g/mol. The van der Waals surface area contributed by atoms with E-state index in [0.29, 0.717) is 17.2 Å². The van der Waals surface area contributed by atoms with Crippen LogP contribution in [-0.4, -0.2) is 30.9 Å². The number of hydrogen-bond donors (Lipinski definition) is 0. The molecule has 2 aromatic carbocycles. The Hall–Kier alpha value is -2.69. The molecule has 0 amide bonds. The predicted molar refractivity (Wildman–Crippen MR) is 155 cm³/mol. The van der Waals surface area contributed by atoms with E-state index in [1.54, 1.807) is 21.3 Å². The van der Waals surface area contributed by atoms with Gasteiger partial charge in [0, 0.05) is 12.1 Å². The summed E-state index contributed by atoms with van der Waals surface area (Å²) in [5.74, 6) is 2.83. The van der Waals surface area contributed by atoms with E-state index in [9.17, 15) is 0 Å². The molecule has 0 unspecified atom stereocenters. The third-order valence-corrected chi connectivity index (χ3v) is 7.31. The summed E-state index contributed by atoms with van der Waals surface area (Å²) < 4.78 is 19.1. The summed E-state index contributed by atoms with van der Waals surface area (Å²) in [4.78, 5) is 4.98. The zero-order chi connectivity index (χ0) is 26.3. The molecular formula is C32H48N2O3. The van der Waals surface area contributed by atoms with Gasteiger partial charge in [-0.3, -0.25) is 0 Å². The molecule has 0 aliphatic rings. The van der Waals surface area contributed by atoms with Gasteiger partial charge >= 0.3 is 0 Å². The van der Waals surface area contributed by atoms with Crippen molar-refractivity contribution in [3.63, 3.8) is 0 Å². The topological polar surface area (TPSA) is 45.5 Å². The molecule has 0 bridgehead atoms. The first-order valence-electron chi connectivity index (χ1n) is 14.5. The first-order chi connectivity index (χ1) is 18.2. The molecule has 0 radical (unpaired) electrons. The molecule has 204 valence electrons. The van der Waals surface area contributed by atoms with Crippen LogP contribution in [0.15, 0.2) is 36.4 Å². The third-order valence-electron chi connectivity index (χ3n) is 7.31. The van der Waals surface area contributed by atoms with Crippen molar-refractivity contribution >= 4 is 11.0 Å². The quantitative estimate of drug-likeness (QED) is 0.151. The molecule has 0 atom stereocenters. The summed E-state index contributed by atoms with van der Waals surface area (Å²) in [6.45, 7) is 3.24. The highest BCUT2D eigenvalue weighted by molar-refractivity contribution is 5.81. The van der Waals surface area contributed by atoms with Crippen LogP contribution in [0.2, 0.25) is 0 Å². The molecule has 37 heavy (non-hydrogen) atoms. The van der Waals surface area contributed by atoms with Gasteiger partial charge < -0.3 is 18.8 Å². The first-order valence-corrected chi connectivity index (χ1v) is 14.5. The van der Waals surface area contributed by atoms with Crippen molar-refractivity contribution in [3.05, 3.63) is 36.4 Å². The zero-order valence-electron chi connectivity index (χ0n) is 23.7. The number of fused-ring (bicyclic) bond motifs is 1. The molecule has 3 aromatic rings. The summed E-state index contributed by atoms with van der Waals surface area (Å²) in [7, 11) is 4.93. The normalized spacial score (nSPS) is 11.2. The van der Waals surface area contributed by atoms with Crippen LogP contribution in [0.1, 0.15) is 96.8 Å². The van der Waals surface area contributed by atoms with Gasteiger partial charge in [-0.05, 0) is 30.7 Å². The second-order valence-corrected chi connectivity index (χ2v) is 10.1. The second-order valence-electron chi connectivity index (χ2n) is 10.1. The second kappa shape index (κ2) is 16.2. The van der Waals surface area contributed by atoms with Crippen LogP contribution < -0.4 is 14.2 Å². The van der Waals surface area contributed by atoms with E-state index in [0.717, 1.165) is 29.9 Å². The van der Waals surface area contributed by atoms with E-state index >= 15 is 0 Å². The SMILES string of the molecule is CCCCCCCCCCCCCCCCn1c(-c2cc(OC)c(OC)c(OC)c2)nc2ccccc21. The Balaban J connectivity index is 1.51. The Morgan fingerprint density at radius 1 is 0.649 bits per heavy atom. The number of methoxy groups -OCH3 is 3. The van der Waals surface area contributed by atoms with Gasteiger partial charge in [-0.15, -0.1) is 0 Å². The molecule has 0 saturated heterocycles. The van der Waals surface area contributed by atoms with Crippen molar-refractivity contribution in [2.45, 2.75) is 103 Å². The number of aryl methyl sites for hydroxylation is 1. The van der Waals surface area contributed by atoms with Crippen molar-refractivity contribution in [2.24, 2.45) is 0 Å². The Morgan fingerprint density at radius 3 is 1.68 bits per heavy atom. The molecule has 1 heterocycles. The van der Waals surface area contributed by atoms with Crippen molar-refractivity contribution in [1.29, 1.82) is 0 Å². The Bertz CT molecular complexity index is 1030. The average Bonchev–Trinajstić information content (AvgIpc) is 3.30. The number of aromatic nitrogens is 2. The molecule has 0 saturated carbocycles. The lowest BCUT2D eigenvalue weighted by Crippen LogP contribution is -2.02. The fourth-order valence-electron chi connectivity index (χ4n) is 5.20. The smallest absolute Gasteiger partial charge is 0.203 e. The highest BCUT2D eigenvalue weighted by atomic mass is 16.5. The van der Waals surface area contributed by atoms with Gasteiger partial charge in [0.2, 0.25) is 5.75 Å². The maximum absolute atomic E-state index is 5.60. The number of para-hydroxylation sites is 2. The standard InChI is InChI=1S/C32H48N2O3/c1-5-6-7-8-9-10-11-12-13-14-15-16-17-20-23-34-28-22-19-18-21-27(28)33-32(34)26-24-29(35-2)31(37-4)30(25-26)36-3/h18-19,21-22,24-25H,5-17,20,23H2,1-4H3.